The highest BCUT2D eigenvalue weighted by atomic mass is 16.4. The topological polar surface area (TPSA) is 165 Å². The van der Waals surface area contributed by atoms with Gasteiger partial charge in [0.25, 0.3) is 0 Å². The molecule has 0 aliphatic heterocycles. The van der Waals surface area contributed by atoms with Crippen LogP contribution in [-0.2, 0) is 6.42 Å². The summed E-state index contributed by atoms with van der Waals surface area (Å²) in [6, 6.07) is 7.55. The van der Waals surface area contributed by atoms with Crippen LogP contribution in [0, 0.1) is 0 Å². The number of hydrogen-bond acceptors (Lipinski definition) is 9. The van der Waals surface area contributed by atoms with Crippen molar-refractivity contribution >= 4 is 5.69 Å². The lowest BCUT2D eigenvalue weighted by Gasteiger charge is -2.33. The first-order chi connectivity index (χ1) is 18.7. The molecule has 0 amide bonds. The lowest BCUT2D eigenvalue weighted by Crippen LogP contribution is -2.50. The number of hydrogen-bond donors (Lipinski definition) is 8. The van der Waals surface area contributed by atoms with Gasteiger partial charge in [-0.05, 0) is 30.5 Å². The molecular weight excluding hydrogens is 502 g/mol. The van der Waals surface area contributed by atoms with E-state index in [9.17, 15) is 30.6 Å². The fourth-order valence-electron chi connectivity index (χ4n) is 4.73. The van der Waals surface area contributed by atoms with Crippen LogP contribution in [0.25, 0.3) is 0 Å². The highest BCUT2D eigenvalue weighted by Crippen LogP contribution is 2.20. The van der Waals surface area contributed by atoms with Crippen molar-refractivity contribution in [1.82, 2.24) is 0 Å². The molecule has 0 heterocycles. The van der Waals surface area contributed by atoms with E-state index in [1.165, 1.54) is 75.5 Å². The highest BCUT2D eigenvalue weighted by Gasteiger charge is 2.30. The Morgan fingerprint density at radius 3 is 1.31 bits per heavy atom. The maximum atomic E-state index is 10.4. The van der Waals surface area contributed by atoms with E-state index >= 15 is 0 Å². The summed E-state index contributed by atoms with van der Waals surface area (Å²) in [6.07, 6.45) is 7.25. The molecule has 39 heavy (non-hydrogen) atoms. The van der Waals surface area contributed by atoms with Crippen molar-refractivity contribution in [3.05, 3.63) is 29.8 Å². The lowest BCUT2D eigenvalue weighted by molar-refractivity contribution is -0.0795. The minimum absolute atomic E-state index is 0.213. The SMILES string of the molecule is CCCCCCCCCCCCCCc1ccc(N(C[C@@H](O)[C@H](O)[C@H](O)CO)C[C@@H](O)[C@H](O)[C@H](O)CO)cc1. The van der Waals surface area contributed by atoms with Crippen LogP contribution >= 0.6 is 0 Å². The Labute approximate surface area is 234 Å². The van der Waals surface area contributed by atoms with Crippen LogP contribution in [0.5, 0.6) is 0 Å². The molecule has 1 aromatic rings. The molecule has 0 spiro atoms. The molecule has 8 N–H and O–H groups in total. The van der Waals surface area contributed by atoms with Crippen molar-refractivity contribution in [3.63, 3.8) is 0 Å². The van der Waals surface area contributed by atoms with Crippen molar-refractivity contribution in [2.45, 2.75) is 127 Å². The first-order valence-corrected chi connectivity index (χ1v) is 14.9. The van der Waals surface area contributed by atoms with E-state index in [2.05, 4.69) is 6.92 Å². The highest BCUT2D eigenvalue weighted by molar-refractivity contribution is 5.48. The van der Waals surface area contributed by atoms with E-state index < -0.39 is 49.8 Å². The zero-order valence-corrected chi connectivity index (χ0v) is 23.8. The third kappa shape index (κ3) is 14.8. The van der Waals surface area contributed by atoms with E-state index in [1.54, 1.807) is 0 Å². The van der Waals surface area contributed by atoms with Gasteiger partial charge in [-0.25, -0.2) is 0 Å². The van der Waals surface area contributed by atoms with Crippen LogP contribution in [0.15, 0.2) is 24.3 Å². The second kappa shape index (κ2) is 21.4. The van der Waals surface area contributed by atoms with Gasteiger partial charge in [-0.3, -0.25) is 0 Å². The molecule has 0 fully saturated rings. The molecule has 0 aromatic heterocycles. The Bertz CT molecular complexity index is 683. The zero-order valence-electron chi connectivity index (χ0n) is 23.8. The van der Waals surface area contributed by atoms with Gasteiger partial charge >= 0.3 is 0 Å². The third-order valence-corrected chi connectivity index (χ3v) is 7.39. The van der Waals surface area contributed by atoms with Crippen molar-refractivity contribution in [2.75, 3.05) is 31.2 Å². The van der Waals surface area contributed by atoms with Crippen LogP contribution in [0.1, 0.15) is 89.5 Å². The molecule has 9 nitrogen and oxygen atoms in total. The van der Waals surface area contributed by atoms with E-state index in [1.807, 2.05) is 24.3 Å². The fraction of sp³-hybridized carbons (Fsp3) is 0.800. The third-order valence-electron chi connectivity index (χ3n) is 7.39. The normalized spacial score (nSPS) is 16.4. The molecule has 1 aromatic carbocycles. The standard InChI is InChI=1S/C30H55NO8/c1-2-3-4-5-6-7-8-9-10-11-12-13-14-23-15-17-24(18-16-23)31(19-25(34)29(38)27(36)21-32)20-26(35)30(39)28(37)22-33/h15-18,25-30,32-39H,2-14,19-22H2,1H3/t25-,26-,27-,28-,29+,30+/m1/s1. The average Bonchev–Trinajstić information content (AvgIpc) is 2.95. The van der Waals surface area contributed by atoms with Crippen LogP contribution in [-0.4, -0.2) is 104 Å². The number of unbranched alkanes of at least 4 members (excludes halogenated alkanes) is 11. The van der Waals surface area contributed by atoms with E-state index in [4.69, 9.17) is 10.2 Å². The van der Waals surface area contributed by atoms with Crippen molar-refractivity contribution < 1.29 is 40.9 Å². The van der Waals surface area contributed by atoms with Crippen LogP contribution in [0.2, 0.25) is 0 Å². The monoisotopic (exact) mass is 557 g/mol. The Morgan fingerprint density at radius 2 is 0.923 bits per heavy atom. The number of aliphatic hydroxyl groups excluding tert-OH is 8. The minimum atomic E-state index is -1.62. The molecule has 0 radical (unpaired) electrons. The van der Waals surface area contributed by atoms with E-state index in [-0.39, 0.29) is 13.1 Å². The predicted molar refractivity (Wildman–Crippen MR) is 154 cm³/mol. The molecular formula is C30H55NO8. The van der Waals surface area contributed by atoms with Gasteiger partial charge in [0.2, 0.25) is 0 Å². The largest absolute Gasteiger partial charge is 0.394 e. The molecule has 1 rings (SSSR count). The summed E-state index contributed by atoms with van der Waals surface area (Å²) in [5, 5.41) is 78.4. The second-order valence-electron chi connectivity index (χ2n) is 10.8. The van der Waals surface area contributed by atoms with Crippen LogP contribution in [0.4, 0.5) is 5.69 Å². The van der Waals surface area contributed by atoms with Crippen molar-refractivity contribution in [2.24, 2.45) is 0 Å². The number of aliphatic hydroxyl groups is 8. The first-order valence-electron chi connectivity index (χ1n) is 14.9. The van der Waals surface area contributed by atoms with Gasteiger partial charge in [0.05, 0.1) is 25.4 Å². The summed E-state index contributed by atoms with van der Waals surface area (Å²) in [5.74, 6) is 0. The summed E-state index contributed by atoms with van der Waals surface area (Å²) in [5.41, 5.74) is 1.75. The zero-order chi connectivity index (χ0) is 29.0. The predicted octanol–water partition coefficient (Wildman–Crippen LogP) is 1.89. The molecule has 0 aliphatic rings. The first kappa shape index (κ1) is 35.7. The van der Waals surface area contributed by atoms with Gasteiger partial charge in [-0.15, -0.1) is 0 Å². The lowest BCUT2D eigenvalue weighted by atomic mass is 10.0. The molecule has 0 aliphatic carbocycles. The second-order valence-corrected chi connectivity index (χ2v) is 10.8. The van der Waals surface area contributed by atoms with Gasteiger partial charge in [-0.1, -0.05) is 89.7 Å². The number of benzene rings is 1. The molecule has 0 bridgehead atoms. The molecule has 0 saturated heterocycles. The number of anilines is 1. The average molecular weight is 558 g/mol. The molecule has 6 atom stereocenters. The van der Waals surface area contributed by atoms with E-state index in [0.29, 0.717) is 5.69 Å². The Hall–Kier alpha value is -1.30. The molecule has 0 unspecified atom stereocenters. The Balaban J connectivity index is 2.56. The Morgan fingerprint density at radius 1 is 0.538 bits per heavy atom. The summed E-state index contributed by atoms with van der Waals surface area (Å²) >= 11 is 0. The number of nitrogens with zero attached hydrogens (tertiary/aromatic N) is 1. The van der Waals surface area contributed by atoms with Gasteiger partial charge in [0.15, 0.2) is 0 Å². The van der Waals surface area contributed by atoms with Gasteiger partial charge in [0, 0.05) is 18.8 Å². The van der Waals surface area contributed by atoms with Crippen molar-refractivity contribution in [3.8, 4) is 0 Å². The minimum Gasteiger partial charge on any atom is -0.394 e. The fourth-order valence-corrected chi connectivity index (χ4v) is 4.73. The molecule has 0 saturated carbocycles. The smallest absolute Gasteiger partial charge is 0.110 e. The van der Waals surface area contributed by atoms with Crippen LogP contribution < -0.4 is 4.90 Å². The maximum Gasteiger partial charge on any atom is 0.110 e. The molecule has 228 valence electrons. The quantitative estimate of drug-likeness (QED) is 0.0886. The number of rotatable bonds is 24. The summed E-state index contributed by atoms with van der Waals surface area (Å²) in [7, 11) is 0. The van der Waals surface area contributed by atoms with Crippen LogP contribution in [0.3, 0.4) is 0 Å². The Kier molecular flexibility index (Phi) is 19.6. The van der Waals surface area contributed by atoms with Gasteiger partial charge in [0.1, 0.15) is 24.4 Å². The molecule has 9 heteroatoms. The number of aryl methyl sites for hydroxylation is 1. The van der Waals surface area contributed by atoms with E-state index in [0.717, 1.165) is 18.4 Å². The summed E-state index contributed by atoms with van der Waals surface area (Å²) < 4.78 is 0. The summed E-state index contributed by atoms with van der Waals surface area (Å²) in [4.78, 5) is 1.52. The maximum absolute atomic E-state index is 10.4. The van der Waals surface area contributed by atoms with Gasteiger partial charge < -0.3 is 45.8 Å². The van der Waals surface area contributed by atoms with Gasteiger partial charge in [-0.2, -0.15) is 0 Å². The summed E-state index contributed by atoms with van der Waals surface area (Å²) in [6.45, 7) is 0.367. The van der Waals surface area contributed by atoms with Crippen molar-refractivity contribution in [1.29, 1.82) is 0 Å².